The maximum atomic E-state index is 11.2. The van der Waals surface area contributed by atoms with Crippen LogP contribution in [0.5, 0.6) is 5.75 Å². The minimum absolute atomic E-state index is 0. The van der Waals surface area contributed by atoms with Gasteiger partial charge in [0.1, 0.15) is 0 Å². The first-order valence-corrected chi connectivity index (χ1v) is 4.60. The Morgan fingerprint density at radius 3 is 2.54 bits per heavy atom. The number of H-pyrrole nitrogens is 1. The second kappa shape index (κ2) is 4.88. The highest BCUT2D eigenvalue weighted by Gasteiger charge is 2.06. The molecule has 0 atom stereocenters. The number of thioether (sulfide) groups is 1. The largest absolute Gasteiger partial charge is 0.490 e. The van der Waals surface area contributed by atoms with Gasteiger partial charge in [-0.25, -0.2) is 4.98 Å². The normalized spacial score (nSPS) is 9.15. The van der Waals surface area contributed by atoms with E-state index in [0.29, 0.717) is 10.9 Å². The molecule has 0 saturated heterocycles. The van der Waals surface area contributed by atoms with Crippen molar-refractivity contribution in [3.8, 4) is 5.75 Å². The molecule has 0 aliphatic carbocycles. The van der Waals surface area contributed by atoms with Crippen molar-refractivity contribution in [2.24, 2.45) is 0 Å². The number of hydrogen-bond donors (Lipinski definition) is 1. The molecular weight excluding hydrogens is 192 g/mol. The summed E-state index contributed by atoms with van der Waals surface area (Å²) in [6.07, 6.45) is 1.85. The van der Waals surface area contributed by atoms with Gasteiger partial charge in [-0.2, -0.15) is 0 Å². The molecule has 0 fully saturated rings. The first-order valence-electron chi connectivity index (χ1n) is 3.38. The van der Waals surface area contributed by atoms with E-state index in [4.69, 9.17) is 4.74 Å². The van der Waals surface area contributed by atoms with E-state index in [1.165, 1.54) is 18.9 Å². The summed E-state index contributed by atoms with van der Waals surface area (Å²) in [7, 11) is 1.46. The summed E-state index contributed by atoms with van der Waals surface area (Å²) in [6.45, 7) is 1.74. The molecule has 13 heavy (non-hydrogen) atoms. The summed E-state index contributed by atoms with van der Waals surface area (Å²) < 4.78 is 4.86. The van der Waals surface area contributed by atoms with Gasteiger partial charge in [0.2, 0.25) is 5.75 Å². The number of aryl methyl sites for hydroxylation is 1. The predicted octanol–water partition coefficient (Wildman–Crippen LogP) is -0.0159. The molecule has 0 unspecified atom stereocenters. The smallest absolute Gasteiger partial charge is 0.294 e. The zero-order chi connectivity index (χ0) is 9.14. The van der Waals surface area contributed by atoms with E-state index in [9.17, 15) is 4.79 Å². The van der Waals surface area contributed by atoms with Crippen LogP contribution in [0, 0.1) is 6.92 Å². The van der Waals surface area contributed by atoms with Gasteiger partial charge in [0.05, 0.1) is 12.8 Å². The fraction of sp³-hybridized carbons (Fsp3) is 0.429. The Morgan fingerprint density at radius 2 is 2.15 bits per heavy atom. The van der Waals surface area contributed by atoms with Crippen LogP contribution in [0.1, 0.15) is 5.69 Å². The van der Waals surface area contributed by atoms with Gasteiger partial charge in [-0.3, -0.25) is 9.78 Å². The van der Waals surface area contributed by atoms with Gasteiger partial charge < -0.3 is 10.2 Å². The van der Waals surface area contributed by atoms with Crippen molar-refractivity contribution in [2.75, 3.05) is 13.4 Å². The van der Waals surface area contributed by atoms with Crippen LogP contribution < -0.4 is 10.3 Å². The number of methoxy groups -OCH3 is 1. The van der Waals surface area contributed by atoms with Crippen molar-refractivity contribution >= 4 is 11.8 Å². The molecule has 3 N–H and O–H groups in total. The van der Waals surface area contributed by atoms with Gasteiger partial charge >= 0.3 is 0 Å². The highest BCUT2D eigenvalue weighted by atomic mass is 32.2. The molecule has 5 nitrogen and oxygen atoms in total. The molecule has 1 aromatic rings. The van der Waals surface area contributed by atoms with Gasteiger partial charge in [-0.05, 0) is 13.2 Å². The third-order valence-electron chi connectivity index (χ3n) is 1.42. The van der Waals surface area contributed by atoms with Crippen LogP contribution in [-0.4, -0.2) is 28.8 Å². The molecule has 74 valence electrons. The molecule has 0 aromatic carbocycles. The maximum Gasteiger partial charge on any atom is 0.294 e. The van der Waals surface area contributed by atoms with Crippen molar-refractivity contribution < 1.29 is 10.2 Å². The average Bonchev–Trinajstić information content (AvgIpc) is 2.03. The second-order valence-electron chi connectivity index (χ2n) is 2.19. The first-order chi connectivity index (χ1) is 5.69. The van der Waals surface area contributed by atoms with E-state index in [2.05, 4.69) is 9.97 Å². The van der Waals surface area contributed by atoms with Crippen molar-refractivity contribution in [1.82, 2.24) is 9.97 Å². The molecular formula is C7H12N2O3S. The lowest BCUT2D eigenvalue weighted by atomic mass is 10.4. The summed E-state index contributed by atoms with van der Waals surface area (Å²) in [4.78, 5) is 17.9. The number of hydrogen-bond acceptors (Lipinski definition) is 4. The lowest BCUT2D eigenvalue weighted by molar-refractivity contribution is 0.400. The minimum Gasteiger partial charge on any atom is -0.490 e. The Morgan fingerprint density at radius 1 is 1.54 bits per heavy atom. The highest BCUT2D eigenvalue weighted by Crippen LogP contribution is 2.12. The topological polar surface area (TPSA) is 86.5 Å². The van der Waals surface area contributed by atoms with Crippen LogP contribution in [0.4, 0.5) is 0 Å². The maximum absolute atomic E-state index is 11.2. The summed E-state index contributed by atoms with van der Waals surface area (Å²) in [5, 5.41) is 0.610. The average molecular weight is 204 g/mol. The zero-order valence-corrected chi connectivity index (χ0v) is 8.49. The van der Waals surface area contributed by atoms with Crippen LogP contribution in [0.3, 0.4) is 0 Å². The van der Waals surface area contributed by atoms with Crippen LogP contribution in [-0.2, 0) is 0 Å². The third kappa shape index (κ3) is 2.46. The van der Waals surface area contributed by atoms with E-state index < -0.39 is 0 Å². The van der Waals surface area contributed by atoms with Crippen molar-refractivity contribution in [3.05, 3.63) is 16.0 Å². The van der Waals surface area contributed by atoms with Gasteiger partial charge in [-0.15, -0.1) is 0 Å². The van der Waals surface area contributed by atoms with Gasteiger partial charge in [0.15, 0.2) is 5.16 Å². The number of nitrogens with one attached hydrogen (secondary N) is 1. The third-order valence-corrected chi connectivity index (χ3v) is 2.00. The Hall–Kier alpha value is -1.01. The zero-order valence-electron chi connectivity index (χ0n) is 7.67. The Balaban J connectivity index is 0.00000144. The number of ether oxygens (including phenoxy) is 1. The number of aromatic nitrogens is 2. The number of rotatable bonds is 2. The predicted molar refractivity (Wildman–Crippen MR) is 51.5 cm³/mol. The Bertz CT molecular complexity index is 337. The molecule has 6 heteroatoms. The van der Waals surface area contributed by atoms with E-state index in [1.54, 1.807) is 6.92 Å². The van der Waals surface area contributed by atoms with Crippen LogP contribution in [0.25, 0.3) is 0 Å². The van der Waals surface area contributed by atoms with Crippen LogP contribution >= 0.6 is 11.8 Å². The lowest BCUT2D eigenvalue weighted by Crippen LogP contribution is -2.13. The molecule has 1 aromatic heterocycles. The summed E-state index contributed by atoms with van der Waals surface area (Å²) in [5.74, 6) is 0.285. The van der Waals surface area contributed by atoms with Gasteiger partial charge in [0.25, 0.3) is 5.56 Å². The number of nitrogens with zero attached hydrogens (tertiary/aromatic N) is 1. The molecule has 0 aliphatic heterocycles. The second-order valence-corrected chi connectivity index (χ2v) is 2.99. The van der Waals surface area contributed by atoms with Crippen molar-refractivity contribution in [1.29, 1.82) is 0 Å². The molecule has 0 spiro atoms. The van der Waals surface area contributed by atoms with Crippen molar-refractivity contribution in [3.63, 3.8) is 0 Å². The van der Waals surface area contributed by atoms with Crippen molar-refractivity contribution in [2.45, 2.75) is 12.1 Å². The van der Waals surface area contributed by atoms with E-state index >= 15 is 0 Å². The van der Waals surface area contributed by atoms with Gasteiger partial charge in [0, 0.05) is 0 Å². The quantitative estimate of drug-likeness (QED) is 0.542. The standard InChI is InChI=1S/C7H10N2O2S.H2O/c1-4-5(11-2)6(10)9-7(8-4)12-3;/h1-3H3,(H,8,9,10);1H2. The van der Waals surface area contributed by atoms with E-state index in [-0.39, 0.29) is 16.8 Å². The minimum atomic E-state index is -0.227. The van der Waals surface area contributed by atoms with Gasteiger partial charge in [-0.1, -0.05) is 11.8 Å². The molecule has 0 radical (unpaired) electrons. The molecule has 0 saturated carbocycles. The van der Waals surface area contributed by atoms with Crippen LogP contribution in [0.15, 0.2) is 9.95 Å². The fourth-order valence-electron chi connectivity index (χ4n) is 0.886. The molecule has 0 bridgehead atoms. The molecule has 1 heterocycles. The highest BCUT2D eigenvalue weighted by molar-refractivity contribution is 7.98. The first kappa shape index (κ1) is 12.0. The summed E-state index contributed by atoms with van der Waals surface area (Å²) in [6, 6.07) is 0. The summed E-state index contributed by atoms with van der Waals surface area (Å²) in [5.41, 5.74) is 0.389. The summed E-state index contributed by atoms with van der Waals surface area (Å²) >= 11 is 1.39. The molecule has 0 amide bonds. The monoisotopic (exact) mass is 204 g/mol. The number of aromatic amines is 1. The molecule has 0 aliphatic rings. The van der Waals surface area contributed by atoms with E-state index in [0.717, 1.165) is 0 Å². The Kier molecular flexibility index (Phi) is 4.50. The van der Waals surface area contributed by atoms with E-state index in [1.807, 2.05) is 6.26 Å². The lowest BCUT2D eigenvalue weighted by Gasteiger charge is -2.02. The Labute approximate surface area is 79.8 Å². The molecule has 1 rings (SSSR count). The SMILES string of the molecule is COc1c(C)nc(SC)[nH]c1=O.O. The fourth-order valence-corrected chi connectivity index (χ4v) is 1.31. The van der Waals surface area contributed by atoms with Crippen LogP contribution in [0.2, 0.25) is 0 Å².